The quantitative estimate of drug-likeness (QED) is 0.429. The van der Waals surface area contributed by atoms with Crippen LogP contribution in [0.1, 0.15) is 12.8 Å². The second-order valence-electron chi connectivity index (χ2n) is 2.60. The molecule has 76 valence electrons. The molecule has 0 rings (SSSR count). The summed E-state index contributed by atoms with van der Waals surface area (Å²) < 4.78 is 15.1. The Balaban J connectivity index is 3.17. The van der Waals surface area contributed by atoms with Crippen LogP contribution < -0.4 is 0 Å². The van der Waals surface area contributed by atoms with Crippen molar-refractivity contribution in [2.75, 3.05) is 27.4 Å². The highest BCUT2D eigenvalue weighted by Gasteiger charge is 1.95. The molecule has 3 nitrogen and oxygen atoms in total. The van der Waals surface area contributed by atoms with Gasteiger partial charge < -0.3 is 14.2 Å². The topological polar surface area (TPSA) is 27.7 Å². The van der Waals surface area contributed by atoms with E-state index in [1.165, 1.54) is 0 Å². The lowest BCUT2D eigenvalue weighted by Gasteiger charge is -2.06. The molecule has 0 amide bonds. The van der Waals surface area contributed by atoms with E-state index in [9.17, 15) is 0 Å². The molecule has 0 unspecified atom stereocenters. The highest BCUT2D eigenvalue weighted by Crippen LogP contribution is 2.01. The number of ether oxygens (including phenoxy) is 3. The Hall–Kier alpha value is -0.960. The van der Waals surface area contributed by atoms with E-state index in [1.807, 2.05) is 0 Å². The Labute approximate surface area is 80.0 Å². The number of hydrogen-bond acceptors (Lipinski definition) is 3. The fourth-order valence-electron chi connectivity index (χ4n) is 0.678. The molecule has 0 bridgehead atoms. The monoisotopic (exact) mass is 186 g/mol. The van der Waals surface area contributed by atoms with Crippen molar-refractivity contribution in [1.29, 1.82) is 0 Å². The van der Waals surface area contributed by atoms with Gasteiger partial charge >= 0.3 is 0 Å². The van der Waals surface area contributed by atoms with E-state index in [4.69, 9.17) is 14.2 Å². The standard InChI is InChI=1S/C10H18O3/c1-9(11-3)5-7-13-8-6-10(2)12-4/h1-2,5-8H2,3-4H3. The highest BCUT2D eigenvalue weighted by molar-refractivity contribution is 4.82. The second kappa shape index (κ2) is 7.68. The van der Waals surface area contributed by atoms with Gasteiger partial charge in [0, 0.05) is 12.8 Å². The van der Waals surface area contributed by atoms with E-state index in [0.717, 1.165) is 24.4 Å². The van der Waals surface area contributed by atoms with E-state index in [-0.39, 0.29) is 0 Å². The van der Waals surface area contributed by atoms with Crippen molar-refractivity contribution in [3.8, 4) is 0 Å². The Kier molecular flexibility index (Phi) is 7.11. The van der Waals surface area contributed by atoms with E-state index < -0.39 is 0 Å². The molecule has 0 aromatic carbocycles. The summed E-state index contributed by atoms with van der Waals surface area (Å²) in [6.45, 7) is 8.61. The van der Waals surface area contributed by atoms with Crippen LogP contribution in [0.5, 0.6) is 0 Å². The molecule has 0 radical (unpaired) electrons. The molecule has 0 saturated heterocycles. The Morgan fingerprint density at radius 2 is 1.31 bits per heavy atom. The number of methoxy groups -OCH3 is 2. The normalized spacial score (nSPS) is 9.38. The lowest BCUT2D eigenvalue weighted by atomic mass is 10.4. The predicted molar refractivity (Wildman–Crippen MR) is 52.4 cm³/mol. The van der Waals surface area contributed by atoms with Crippen molar-refractivity contribution in [1.82, 2.24) is 0 Å². The van der Waals surface area contributed by atoms with Crippen molar-refractivity contribution >= 4 is 0 Å². The van der Waals surface area contributed by atoms with Crippen LogP contribution in [0, 0.1) is 0 Å². The van der Waals surface area contributed by atoms with Gasteiger partial charge in [-0.3, -0.25) is 0 Å². The van der Waals surface area contributed by atoms with Crippen molar-refractivity contribution in [3.63, 3.8) is 0 Å². The maximum Gasteiger partial charge on any atom is 0.0906 e. The molecule has 0 aromatic heterocycles. The summed E-state index contributed by atoms with van der Waals surface area (Å²) in [5.41, 5.74) is 0. The van der Waals surface area contributed by atoms with Crippen LogP contribution in [-0.4, -0.2) is 27.4 Å². The molecule has 0 aliphatic rings. The van der Waals surface area contributed by atoms with Gasteiger partial charge in [0.25, 0.3) is 0 Å². The molecule has 0 saturated carbocycles. The first-order valence-corrected chi connectivity index (χ1v) is 4.22. The van der Waals surface area contributed by atoms with Crippen LogP contribution in [0.4, 0.5) is 0 Å². The lowest BCUT2D eigenvalue weighted by Crippen LogP contribution is -2.00. The molecule has 0 fully saturated rings. The van der Waals surface area contributed by atoms with Crippen molar-refractivity contribution in [2.24, 2.45) is 0 Å². The molecule has 0 atom stereocenters. The van der Waals surface area contributed by atoms with Gasteiger partial charge in [0.15, 0.2) is 0 Å². The first-order chi connectivity index (χ1) is 6.20. The van der Waals surface area contributed by atoms with Gasteiger partial charge in [0.1, 0.15) is 0 Å². The average Bonchev–Trinajstić information content (AvgIpc) is 2.16. The molecule has 0 N–H and O–H groups in total. The summed E-state index contributed by atoms with van der Waals surface area (Å²) >= 11 is 0. The smallest absolute Gasteiger partial charge is 0.0906 e. The fraction of sp³-hybridized carbons (Fsp3) is 0.600. The molecular formula is C10H18O3. The van der Waals surface area contributed by atoms with Crippen LogP contribution in [0.2, 0.25) is 0 Å². The molecule has 0 aromatic rings. The summed E-state index contributed by atoms with van der Waals surface area (Å²) in [6.07, 6.45) is 1.46. The van der Waals surface area contributed by atoms with Crippen LogP contribution in [-0.2, 0) is 14.2 Å². The minimum absolute atomic E-state index is 0.629. The molecule has 3 heteroatoms. The van der Waals surface area contributed by atoms with E-state index >= 15 is 0 Å². The molecule has 0 heterocycles. The van der Waals surface area contributed by atoms with Gasteiger partial charge in [0.05, 0.1) is 39.0 Å². The van der Waals surface area contributed by atoms with Gasteiger partial charge in [-0.15, -0.1) is 0 Å². The summed E-state index contributed by atoms with van der Waals surface area (Å²) in [5.74, 6) is 1.48. The molecule has 0 aliphatic heterocycles. The summed E-state index contributed by atoms with van der Waals surface area (Å²) in [7, 11) is 3.21. The van der Waals surface area contributed by atoms with Crippen LogP contribution in [0.25, 0.3) is 0 Å². The zero-order valence-corrected chi connectivity index (χ0v) is 8.47. The molecule has 13 heavy (non-hydrogen) atoms. The highest BCUT2D eigenvalue weighted by atomic mass is 16.5. The summed E-state index contributed by atoms with van der Waals surface area (Å²) in [6, 6.07) is 0. The van der Waals surface area contributed by atoms with Gasteiger partial charge in [-0.05, 0) is 0 Å². The van der Waals surface area contributed by atoms with E-state index in [1.54, 1.807) is 14.2 Å². The number of hydrogen-bond donors (Lipinski definition) is 0. The minimum Gasteiger partial charge on any atom is -0.502 e. The van der Waals surface area contributed by atoms with Gasteiger partial charge in [-0.1, -0.05) is 13.2 Å². The third kappa shape index (κ3) is 7.40. The van der Waals surface area contributed by atoms with Gasteiger partial charge in [-0.2, -0.15) is 0 Å². The third-order valence-electron chi connectivity index (χ3n) is 1.63. The van der Waals surface area contributed by atoms with Crippen LogP contribution in [0.3, 0.4) is 0 Å². The van der Waals surface area contributed by atoms with E-state index in [2.05, 4.69) is 13.2 Å². The minimum atomic E-state index is 0.629. The Bertz CT molecular complexity index is 146. The van der Waals surface area contributed by atoms with E-state index in [0.29, 0.717) is 13.2 Å². The Morgan fingerprint density at radius 1 is 0.923 bits per heavy atom. The van der Waals surface area contributed by atoms with Gasteiger partial charge in [0.2, 0.25) is 0 Å². The fourth-order valence-corrected chi connectivity index (χ4v) is 0.678. The predicted octanol–water partition coefficient (Wildman–Crippen LogP) is 2.10. The molecule has 0 aliphatic carbocycles. The maximum absolute atomic E-state index is 5.30. The lowest BCUT2D eigenvalue weighted by molar-refractivity contribution is 0.117. The number of rotatable bonds is 8. The second-order valence-corrected chi connectivity index (χ2v) is 2.60. The first-order valence-electron chi connectivity index (χ1n) is 4.22. The van der Waals surface area contributed by atoms with Crippen molar-refractivity contribution in [3.05, 3.63) is 24.7 Å². The molecular weight excluding hydrogens is 168 g/mol. The Morgan fingerprint density at radius 3 is 1.62 bits per heavy atom. The van der Waals surface area contributed by atoms with Crippen molar-refractivity contribution < 1.29 is 14.2 Å². The summed E-state index contributed by atoms with van der Waals surface area (Å²) in [5, 5.41) is 0. The van der Waals surface area contributed by atoms with Crippen LogP contribution >= 0.6 is 0 Å². The van der Waals surface area contributed by atoms with Crippen molar-refractivity contribution in [2.45, 2.75) is 12.8 Å². The third-order valence-corrected chi connectivity index (χ3v) is 1.63. The average molecular weight is 186 g/mol. The van der Waals surface area contributed by atoms with Gasteiger partial charge in [-0.25, -0.2) is 0 Å². The zero-order valence-electron chi connectivity index (χ0n) is 8.47. The molecule has 0 spiro atoms. The first kappa shape index (κ1) is 12.0. The maximum atomic E-state index is 5.30. The van der Waals surface area contributed by atoms with Crippen LogP contribution in [0.15, 0.2) is 24.7 Å². The summed E-state index contributed by atoms with van der Waals surface area (Å²) in [4.78, 5) is 0. The largest absolute Gasteiger partial charge is 0.502 e. The zero-order chi connectivity index (χ0) is 10.1. The SMILES string of the molecule is C=C(CCOCCC(=C)OC)OC.